The standard InChI is InChI=1S/C19H30N4O3/c1-21-9-11-22(12-10-21)16-6-8-23(14-15(16)4-3-13-24)19(26)18-17(25)5-2-7-20-18/h2,5,7,15-16,24-25H,3-4,6,8-14H2,1H3/t15-,16+/m1/s1. The third-order valence-corrected chi connectivity index (χ3v) is 5.71. The molecule has 3 heterocycles. The van der Waals surface area contributed by atoms with Gasteiger partial charge in [0.2, 0.25) is 0 Å². The van der Waals surface area contributed by atoms with E-state index in [2.05, 4.69) is 21.8 Å². The van der Waals surface area contributed by atoms with Crippen LogP contribution < -0.4 is 0 Å². The number of rotatable bonds is 5. The van der Waals surface area contributed by atoms with Crippen molar-refractivity contribution in [2.24, 2.45) is 5.92 Å². The zero-order valence-electron chi connectivity index (χ0n) is 15.5. The molecule has 2 saturated heterocycles. The van der Waals surface area contributed by atoms with Crippen LogP contribution in [0.5, 0.6) is 5.75 Å². The van der Waals surface area contributed by atoms with E-state index in [-0.39, 0.29) is 24.0 Å². The summed E-state index contributed by atoms with van der Waals surface area (Å²) in [5.74, 6) is 0.0774. The molecule has 2 aliphatic rings. The molecule has 2 fully saturated rings. The zero-order valence-corrected chi connectivity index (χ0v) is 15.5. The van der Waals surface area contributed by atoms with Gasteiger partial charge in [0.15, 0.2) is 5.69 Å². The fraction of sp³-hybridized carbons (Fsp3) is 0.684. The van der Waals surface area contributed by atoms with Gasteiger partial charge in [-0.15, -0.1) is 0 Å². The minimum atomic E-state index is -0.200. The van der Waals surface area contributed by atoms with Crippen LogP contribution in [0.2, 0.25) is 0 Å². The van der Waals surface area contributed by atoms with E-state index in [1.807, 2.05) is 4.90 Å². The molecule has 0 aromatic carbocycles. The topological polar surface area (TPSA) is 80.1 Å². The third kappa shape index (κ3) is 4.34. The Labute approximate surface area is 155 Å². The Kier molecular flexibility index (Phi) is 6.45. The summed E-state index contributed by atoms with van der Waals surface area (Å²) in [6.07, 6.45) is 4.13. The van der Waals surface area contributed by atoms with Gasteiger partial charge in [-0.2, -0.15) is 0 Å². The van der Waals surface area contributed by atoms with Gasteiger partial charge in [-0.05, 0) is 44.4 Å². The molecule has 0 radical (unpaired) electrons. The number of carbonyl (C=O) groups is 1. The Morgan fingerprint density at radius 3 is 2.73 bits per heavy atom. The number of pyridine rings is 1. The van der Waals surface area contributed by atoms with Crippen molar-refractivity contribution < 1.29 is 15.0 Å². The van der Waals surface area contributed by atoms with Crippen molar-refractivity contribution in [3.8, 4) is 5.75 Å². The number of aromatic hydroxyl groups is 1. The second-order valence-corrected chi connectivity index (χ2v) is 7.44. The van der Waals surface area contributed by atoms with E-state index < -0.39 is 0 Å². The molecule has 0 bridgehead atoms. The molecule has 1 aromatic rings. The van der Waals surface area contributed by atoms with E-state index in [4.69, 9.17) is 0 Å². The number of likely N-dealkylation sites (N-methyl/N-ethyl adjacent to an activating group) is 1. The van der Waals surface area contributed by atoms with Gasteiger partial charge in [0, 0.05) is 58.1 Å². The summed E-state index contributed by atoms with van der Waals surface area (Å²) < 4.78 is 0. The molecule has 7 heteroatoms. The predicted molar refractivity (Wildman–Crippen MR) is 99.1 cm³/mol. The fourth-order valence-electron chi connectivity index (χ4n) is 4.19. The summed E-state index contributed by atoms with van der Waals surface area (Å²) in [5.41, 5.74) is 0.131. The van der Waals surface area contributed by atoms with Gasteiger partial charge in [-0.1, -0.05) is 0 Å². The number of aliphatic hydroxyl groups excluding tert-OH is 1. The number of aliphatic hydroxyl groups is 1. The highest BCUT2D eigenvalue weighted by Crippen LogP contribution is 2.28. The minimum Gasteiger partial charge on any atom is -0.505 e. The average Bonchev–Trinajstić information content (AvgIpc) is 2.67. The number of amides is 1. The Morgan fingerprint density at radius 1 is 1.27 bits per heavy atom. The normalized spacial score (nSPS) is 25.4. The Morgan fingerprint density at radius 2 is 2.04 bits per heavy atom. The molecule has 144 valence electrons. The van der Waals surface area contributed by atoms with Crippen LogP contribution in [0, 0.1) is 5.92 Å². The summed E-state index contributed by atoms with van der Waals surface area (Å²) in [6.45, 7) is 5.80. The van der Waals surface area contributed by atoms with Gasteiger partial charge < -0.3 is 20.0 Å². The maximum atomic E-state index is 12.8. The van der Waals surface area contributed by atoms with Crippen LogP contribution in [0.15, 0.2) is 18.3 Å². The number of piperazine rings is 1. The lowest BCUT2D eigenvalue weighted by molar-refractivity contribution is 0.0214. The quantitative estimate of drug-likeness (QED) is 0.800. The molecule has 0 unspecified atom stereocenters. The number of piperidine rings is 1. The summed E-state index contributed by atoms with van der Waals surface area (Å²) in [4.78, 5) is 23.6. The van der Waals surface area contributed by atoms with Crippen molar-refractivity contribution in [3.63, 3.8) is 0 Å². The number of aromatic nitrogens is 1. The van der Waals surface area contributed by atoms with Crippen LogP contribution in [0.3, 0.4) is 0 Å². The van der Waals surface area contributed by atoms with E-state index in [1.54, 1.807) is 6.07 Å². The molecule has 7 nitrogen and oxygen atoms in total. The van der Waals surface area contributed by atoms with Gasteiger partial charge in [0.1, 0.15) is 5.75 Å². The molecule has 2 atom stereocenters. The van der Waals surface area contributed by atoms with E-state index in [0.717, 1.165) is 45.4 Å². The Bertz CT molecular complexity index is 604. The zero-order chi connectivity index (χ0) is 18.5. The largest absolute Gasteiger partial charge is 0.505 e. The molecule has 0 aliphatic carbocycles. The first-order chi connectivity index (χ1) is 12.6. The number of hydrogen-bond acceptors (Lipinski definition) is 6. The molecule has 1 aromatic heterocycles. The highest BCUT2D eigenvalue weighted by Gasteiger charge is 2.36. The fourth-order valence-corrected chi connectivity index (χ4v) is 4.19. The predicted octanol–water partition coefficient (Wildman–Crippen LogP) is 0.638. The van der Waals surface area contributed by atoms with Crippen LogP contribution in [0.25, 0.3) is 0 Å². The lowest BCUT2D eigenvalue weighted by atomic mass is 9.86. The van der Waals surface area contributed by atoms with Gasteiger partial charge in [0.25, 0.3) is 5.91 Å². The summed E-state index contributed by atoms with van der Waals surface area (Å²) in [7, 11) is 2.15. The van der Waals surface area contributed by atoms with E-state index in [0.29, 0.717) is 25.0 Å². The second-order valence-electron chi connectivity index (χ2n) is 7.44. The summed E-state index contributed by atoms with van der Waals surface area (Å²) in [5, 5.41) is 19.2. The van der Waals surface area contributed by atoms with Crippen LogP contribution in [-0.4, -0.2) is 94.8 Å². The first-order valence-corrected chi connectivity index (χ1v) is 9.57. The van der Waals surface area contributed by atoms with Crippen molar-refractivity contribution in [2.75, 3.05) is 52.9 Å². The lowest BCUT2D eigenvalue weighted by Crippen LogP contribution is -2.57. The Hall–Kier alpha value is -1.70. The van der Waals surface area contributed by atoms with Crippen LogP contribution in [0.1, 0.15) is 29.8 Å². The van der Waals surface area contributed by atoms with Gasteiger partial charge >= 0.3 is 0 Å². The monoisotopic (exact) mass is 362 g/mol. The van der Waals surface area contributed by atoms with Crippen molar-refractivity contribution in [2.45, 2.75) is 25.3 Å². The molecule has 3 rings (SSSR count). The highest BCUT2D eigenvalue weighted by molar-refractivity contribution is 5.94. The van der Waals surface area contributed by atoms with Crippen LogP contribution in [-0.2, 0) is 0 Å². The lowest BCUT2D eigenvalue weighted by Gasteiger charge is -2.46. The molecule has 26 heavy (non-hydrogen) atoms. The number of carbonyl (C=O) groups excluding carboxylic acids is 1. The van der Waals surface area contributed by atoms with Gasteiger partial charge in [-0.25, -0.2) is 4.98 Å². The SMILES string of the molecule is CN1CCN([C@H]2CCN(C(=O)c3ncccc3O)C[C@H]2CCCO)CC1. The summed E-state index contributed by atoms with van der Waals surface area (Å²) in [6, 6.07) is 3.58. The van der Waals surface area contributed by atoms with Crippen LogP contribution in [0.4, 0.5) is 0 Å². The molecule has 1 amide bonds. The number of nitrogens with zero attached hydrogens (tertiary/aromatic N) is 4. The van der Waals surface area contributed by atoms with Gasteiger partial charge in [-0.3, -0.25) is 9.69 Å². The number of likely N-dealkylation sites (tertiary alicyclic amines) is 1. The summed E-state index contributed by atoms with van der Waals surface area (Å²) >= 11 is 0. The minimum absolute atomic E-state index is 0.0643. The smallest absolute Gasteiger partial charge is 0.276 e. The maximum absolute atomic E-state index is 12.8. The first-order valence-electron chi connectivity index (χ1n) is 9.57. The third-order valence-electron chi connectivity index (χ3n) is 5.71. The maximum Gasteiger partial charge on any atom is 0.276 e. The molecule has 2 N–H and O–H groups in total. The highest BCUT2D eigenvalue weighted by atomic mass is 16.3. The number of hydrogen-bond donors (Lipinski definition) is 2. The van der Waals surface area contributed by atoms with Crippen LogP contribution >= 0.6 is 0 Å². The van der Waals surface area contributed by atoms with Crippen molar-refractivity contribution in [3.05, 3.63) is 24.0 Å². The molecule has 2 aliphatic heterocycles. The Balaban J connectivity index is 1.69. The van der Waals surface area contributed by atoms with Crippen molar-refractivity contribution in [1.82, 2.24) is 19.7 Å². The van der Waals surface area contributed by atoms with E-state index in [1.165, 1.54) is 12.3 Å². The van der Waals surface area contributed by atoms with Gasteiger partial charge in [0.05, 0.1) is 0 Å². The molecule has 0 saturated carbocycles. The van der Waals surface area contributed by atoms with Crippen molar-refractivity contribution in [1.29, 1.82) is 0 Å². The molecular weight excluding hydrogens is 332 g/mol. The first kappa shape index (κ1) is 19.1. The van der Waals surface area contributed by atoms with Crippen molar-refractivity contribution >= 4 is 5.91 Å². The van der Waals surface area contributed by atoms with E-state index >= 15 is 0 Å². The van der Waals surface area contributed by atoms with E-state index in [9.17, 15) is 15.0 Å². The molecule has 0 spiro atoms. The average molecular weight is 362 g/mol. The second kappa shape index (κ2) is 8.79. The molecular formula is C19H30N4O3.